The van der Waals surface area contributed by atoms with Gasteiger partial charge in [0.05, 0.1) is 21.6 Å². The smallest absolute Gasteiger partial charge is 0.160 e. The number of hydrogen-bond acceptors (Lipinski definition) is 6. The Bertz CT molecular complexity index is 3270. The highest BCUT2D eigenvalue weighted by molar-refractivity contribution is 7.25. The Morgan fingerprint density at radius 1 is 0.333 bits per heavy atom. The van der Waals surface area contributed by atoms with Crippen LogP contribution in [0, 0.1) is 0 Å². The van der Waals surface area contributed by atoms with Crippen molar-refractivity contribution < 1.29 is 0 Å². The largest absolute Gasteiger partial charge is 0.245 e. The molecule has 0 atom stereocenters. The molecular formula is C51H31N5S. The Morgan fingerprint density at radius 2 is 0.877 bits per heavy atom. The number of rotatable bonds is 6. The van der Waals surface area contributed by atoms with Crippen molar-refractivity contribution in [2.24, 2.45) is 0 Å². The van der Waals surface area contributed by atoms with Gasteiger partial charge >= 0.3 is 0 Å². The van der Waals surface area contributed by atoms with Gasteiger partial charge in [0, 0.05) is 45.6 Å². The lowest BCUT2D eigenvalue weighted by Gasteiger charge is -2.11. The van der Waals surface area contributed by atoms with Gasteiger partial charge in [-0.05, 0) is 68.6 Å². The first-order chi connectivity index (χ1) is 28.2. The van der Waals surface area contributed by atoms with Crippen LogP contribution in [0.3, 0.4) is 0 Å². The minimum atomic E-state index is 0.692. The Labute approximate surface area is 332 Å². The van der Waals surface area contributed by atoms with E-state index in [4.69, 9.17) is 24.9 Å². The Kier molecular flexibility index (Phi) is 7.93. The van der Waals surface area contributed by atoms with Crippen LogP contribution >= 0.6 is 11.3 Å². The van der Waals surface area contributed by atoms with Gasteiger partial charge in [0.1, 0.15) is 4.83 Å². The summed E-state index contributed by atoms with van der Waals surface area (Å²) < 4.78 is 1.02. The second kappa shape index (κ2) is 13.7. The summed E-state index contributed by atoms with van der Waals surface area (Å²) in [7, 11) is 0. The second-order valence-corrected chi connectivity index (χ2v) is 15.2. The average molecular weight is 746 g/mol. The van der Waals surface area contributed by atoms with Crippen molar-refractivity contribution in [1.82, 2.24) is 24.9 Å². The molecule has 0 aliphatic heterocycles. The van der Waals surface area contributed by atoms with E-state index in [2.05, 4.69) is 152 Å². The van der Waals surface area contributed by atoms with E-state index in [1.54, 1.807) is 11.3 Å². The summed E-state index contributed by atoms with van der Waals surface area (Å²) in [5.74, 6) is 1.40. The quantitative estimate of drug-likeness (QED) is 0.159. The highest BCUT2D eigenvalue weighted by Crippen LogP contribution is 2.36. The first kappa shape index (κ1) is 33.0. The molecule has 57 heavy (non-hydrogen) atoms. The molecule has 0 N–H and O–H groups in total. The maximum atomic E-state index is 5.12. The summed E-state index contributed by atoms with van der Waals surface area (Å²) in [6.45, 7) is 0. The van der Waals surface area contributed by atoms with Crippen LogP contribution in [0.2, 0.25) is 0 Å². The molecular weight excluding hydrogens is 715 g/mol. The number of pyridine rings is 1. The third kappa shape index (κ3) is 6.18. The van der Waals surface area contributed by atoms with E-state index >= 15 is 0 Å². The van der Waals surface area contributed by atoms with E-state index < -0.39 is 0 Å². The maximum absolute atomic E-state index is 5.12. The average Bonchev–Trinajstić information content (AvgIpc) is 3.66. The van der Waals surface area contributed by atoms with Crippen molar-refractivity contribution in [2.75, 3.05) is 0 Å². The lowest BCUT2D eigenvalue weighted by Crippen LogP contribution is -1.96. The van der Waals surface area contributed by atoms with E-state index in [-0.39, 0.29) is 0 Å². The number of hydrogen-bond donors (Lipinski definition) is 0. The summed E-state index contributed by atoms with van der Waals surface area (Å²) in [4.78, 5) is 25.8. The highest BCUT2D eigenvalue weighted by Gasteiger charge is 2.15. The summed E-state index contributed by atoms with van der Waals surface area (Å²) >= 11 is 1.62. The van der Waals surface area contributed by atoms with Gasteiger partial charge in [-0.15, -0.1) is 11.3 Å². The van der Waals surface area contributed by atoms with Crippen LogP contribution in [0.1, 0.15) is 0 Å². The van der Waals surface area contributed by atoms with Gasteiger partial charge in [0.15, 0.2) is 11.6 Å². The van der Waals surface area contributed by atoms with Crippen LogP contribution in [0.5, 0.6) is 0 Å². The standard InChI is InChI=1S/C51H31N5S/c1-3-9-32(10-4-1)33-15-19-35(20-16-33)45-29-46(55-50(54-45)37-11-5-2-6-12-37)36-21-17-34(18-22-36)43-28-44-48-47(57-51(44)53-30-43)31-52-49(56-48)41-24-23-40-25-38-13-7-8-14-39(38)26-42(40)27-41/h1-31H. The predicted molar refractivity (Wildman–Crippen MR) is 236 cm³/mol. The topological polar surface area (TPSA) is 64.5 Å². The fourth-order valence-electron chi connectivity index (χ4n) is 7.58. The van der Waals surface area contributed by atoms with Gasteiger partial charge in [0.2, 0.25) is 0 Å². The van der Waals surface area contributed by atoms with E-state index in [1.165, 1.54) is 32.7 Å². The van der Waals surface area contributed by atoms with Crippen molar-refractivity contribution in [1.29, 1.82) is 0 Å². The Morgan fingerprint density at radius 3 is 1.56 bits per heavy atom. The summed E-state index contributed by atoms with van der Waals surface area (Å²) in [6, 6.07) is 61.4. The van der Waals surface area contributed by atoms with E-state index in [0.29, 0.717) is 11.6 Å². The van der Waals surface area contributed by atoms with Crippen LogP contribution in [-0.4, -0.2) is 24.9 Å². The molecule has 0 saturated carbocycles. The van der Waals surface area contributed by atoms with Crippen LogP contribution in [0.25, 0.3) is 110 Å². The fraction of sp³-hybridized carbons (Fsp3) is 0. The zero-order chi connectivity index (χ0) is 37.7. The molecule has 0 unspecified atom stereocenters. The van der Waals surface area contributed by atoms with Gasteiger partial charge in [-0.2, -0.15) is 0 Å². The van der Waals surface area contributed by atoms with Crippen LogP contribution in [-0.2, 0) is 0 Å². The molecule has 4 heterocycles. The minimum absolute atomic E-state index is 0.692. The first-order valence-electron chi connectivity index (χ1n) is 18.9. The molecule has 11 rings (SSSR count). The fourth-order valence-corrected chi connectivity index (χ4v) is 8.52. The van der Waals surface area contributed by atoms with Crippen molar-refractivity contribution in [3.05, 3.63) is 188 Å². The van der Waals surface area contributed by atoms with E-state index in [1.807, 2.05) is 36.7 Å². The summed E-state index contributed by atoms with van der Waals surface area (Å²) in [6.07, 6.45) is 3.88. The number of benzene rings is 7. The van der Waals surface area contributed by atoms with Crippen LogP contribution in [0.4, 0.5) is 0 Å². The molecule has 0 fully saturated rings. The Balaban J connectivity index is 0.933. The van der Waals surface area contributed by atoms with Crippen LogP contribution < -0.4 is 0 Å². The molecule has 11 aromatic rings. The molecule has 0 saturated heterocycles. The molecule has 0 radical (unpaired) electrons. The molecule has 0 spiro atoms. The number of thiophene rings is 1. The van der Waals surface area contributed by atoms with Gasteiger partial charge in [0.25, 0.3) is 0 Å². The molecule has 0 amide bonds. The minimum Gasteiger partial charge on any atom is -0.245 e. The van der Waals surface area contributed by atoms with Crippen molar-refractivity contribution in [2.45, 2.75) is 0 Å². The zero-order valence-corrected chi connectivity index (χ0v) is 31.4. The summed E-state index contributed by atoms with van der Waals surface area (Å²) in [5.41, 5.74) is 11.1. The van der Waals surface area contributed by atoms with Gasteiger partial charge in [-0.1, -0.05) is 146 Å². The molecule has 266 valence electrons. The molecule has 4 aromatic heterocycles. The zero-order valence-electron chi connectivity index (χ0n) is 30.5. The predicted octanol–water partition coefficient (Wildman–Crippen LogP) is 13.3. The number of nitrogens with zero attached hydrogens (tertiary/aromatic N) is 5. The summed E-state index contributed by atoms with van der Waals surface area (Å²) in [5, 5.41) is 5.85. The third-order valence-electron chi connectivity index (χ3n) is 10.6. The van der Waals surface area contributed by atoms with Crippen molar-refractivity contribution >= 4 is 53.3 Å². The molecule has 6 heteroatoms. The molecule has 0 bridgehead atoms. The number of fused-ring (bicyclic) bond motifs is 5. The monoisotopic (exact) mass is 745 g/mol. The SMILES string of the molecule is c1ccc(-c2ccc(-c3cc(-c4ccc(-c5cnc6sc7cnc(-c8ccc9cc%10ccccc%10cc9c8)nc7c6c5)cc4)nc(-c4ccccc4)n3)cc2)cc1. The highest BCUT2D eigenvalue weighted by atomic mass is 32.1. The molecule has 0 aliphatic rings. The maximum Gasteiger partial charge on any atom is 0.160 e. The molecule has 5 nitrogen and oxygen atoms in total. The third-order valence-corrected chi connectivity index (χ3v) is 11.6. The van der Waals surface area contributed by atoms with Crippen molar-refractivity contribution in [3.63, 3.8) is 0 Å². The van der Waals surface area contributed by atoms with Crippen molar-refractivity contribution in [3.8, 4) is 67.5 Å². The second-order valence-electron chi connectivity index (χ2n) is 14.2. The lowest BCUT2D eigenvalue weighted by atomic mass is 10.0. The van der Waals surface area contributed by atoms with Gasteiger partial charge in [-0.3, -0.25) is 0 Å². The Hall–Kier alpha value is -7.41. The van der Waals surface area contributed by atoms with E-state index in [9.17, 15) is 0 Å². The molecule has 7 aromatic carbocycles. The van der Waals surface area contributed by atoms with E-state index in [0.717, 1.165) is 65.2 Å². The first-order valence-corrected chi connectivity index (χ1v) is 19.7. The lowest BCUT2D eigenvalue weighted by molar-refractivity contribution is 1.18. The van der Waals surface area contributed by atoms with Gasteiger partial charge in [-0.25, -0.2) is 24.9 Å². The van der Waals surface area contributed by atoms with Gasteiger partial charge < -0.3 is 0 Å². The normalized spacial score (nSPS) is 11.5. The van der Waals surface area contributed by atoms with Crippen LogP contribution in [0.15, 0.2) is 188 Å². The number of aromatic nitrogens is 5. The molecule has 0 aliphatic carbocycles.